The van der Waals surface area contributed by atoms with Crippen molar-refractivity contribution in [2.45, 2.75) is 32.5 Å². The third-order valence-electron chi connectivity index (χ3n) is 4.13. The van der Waals surface area contributed by atoms with Gasteiger partial charge in [-0.05, 0) is 38.5 Å². The molecule has 1 N–H and O–H groups in total. The summed E-state index contributed by atoms with van der Waals surface area (Å²) in [5.41, 5.74) is 0.287. The lowest BCUT2D eigenvalue weighted by Gasteiger charge is -2.11. The minimum Gasteiger partial charge on any atom is -0.320 e. The quantitative estimate of drug-likeness (QED) is 0.509. The maximum absolute atomic E-state index is 13.6. The molecule has 0 atom stereocenters. The number of nitrogens with zero attached hydrogens (tertiary/aromatic N) is 2. The normalized spacial score (nSPS) is 11.1. The number of anilines is 1. The predicted octanol–water partition coefficient (Wildman–Crippen LogP) is 4.10. The van der Waals surface area contributed by atoms with E-state index in [0.717, 1.165) is 34.3 Å². The van der Waals surface area contributed by atoms with Crippen LogP contribution in [0.3, 0.4) is 0 Å². The van der Waals surface area contributed by atoms with Gasteiger partial charge in [0.05, 0.1) is 11.1 Å². The summed E-state index contributed by atoms with van der Waals surface area (Å²) in [6.07, 6.45) is 0. The van der Waals surface area contributed by atoms with E-state index in [1.165, 1.54) is 22.0 Å². The summed E-state index contributed by atoms with van der Waals surface area (Å²) in [5.74, 6) is -2.40. The van der Waals surface area contributed by atoms with Crippen molar-refractivity contribution in [2.24, 2.45) is 0 Å². The molecule has 9 heteroatoms. The molecule has 0 aliphatic carbocycles. The van der Waals surface area contributed by atoms with Crippen LogP contribution in [0.1, 0.15) is 17.4 Å². The molecular weight excluding hydrogens is 392 g/mol. The van der Waals surface area contributed by atoms with Gasteiger partial charge in [-0.1, -0.05) is 17.8 Å². The molecule has 142 valence electrons. The van der Waals surface area contributed by atoms with Gasteiger partial charge in [0.1, 0.15) is 22.2 Å². The molecule has 0 unspecified atom stereocenters. The number of benzene rings is 1. The van der Waals surface area contributed by atoms with E-state index in [2.05, 4.69) is 10.3 Å². The molecule has 3 rings (SSSR count). The second-order valence-electron chi connectivity index (χ2n) is 5.84. The van der Waals surface area contributed by atoms with Crippen LogP contribution < -0.4 is 10.9 Å². The van der Waals surface area contributed by atoms with Crippen molar-refractivity contribution in [1.82, 2.24) is 9.55 Å². The van der Waals surface area contributed by atoms with E-state index in [-0.39, 0.29) is 11.3 Å². The molecule has 0 spiro atoms. The number of nitrogens with one attached hydrogen (secondary N) is 1. The van der Waals surface area contributed by atoms with Gasteiger partial charge in [-0.2, -0.15) is 0 Å². The standard InChI is InChI=1S/C18H17F2N3O2S2/c1-4-23-17(25)14-9(2)10(3)27-16(14)22-18(23)26-8-13(24)21-15-11(19)6-5-7-12(15)20/h5-7H,4,8H2,1-3H3,(H,21,24). The van der Waals surface area contributed by atoms with E-state index in [4.69, 9.17) is 0 Å². The molecule has 1 aromatic carbocycles. The minimum absolute atomic E-state index is 0.130. The van der Waals surface area contributed by atoms with Gasteiger partial charge in [-0.3, -0.25) is 14.2 Å². The Morgan fingerprint density at radius 3 is 2.59 bits per heavy atom. The number of rotatable bonds is 5. The zero-order chi connectivity index (χ0) is 19.7. The van der Waals surface area contributed by atoms with Gasteiger partial charge in [-0.15, -0.1) is 11.3 Å². The Labute approximate surface area is 162 Å². The Balaban J connectivity index is 1.84. The summed E-state index contributed by atoms with van der Waals surface area (Å²) in [6, 6.07) is 3.36. The molecule has 3 aromatic rings. The van der Waals surface area contributed by atoms with E-state index < -0.39 is 23.2 Å². The molecule has 27 heavy (non-hydrogen) atoms. The molecule has 0 saturated carbocycles. The number of fused-ring (bicyclic) bond motifs is 1. The van der Waals surface area contributed by atoms with Crippen LogP contribution in [0.4, 0.5) is 14.5 Å². The van der Waals surface area contributed by atoms with Gasteiger partial charge < -0.3 is 5.32 Å². The second kappa shape index (κ2) is 7.77. The van der Waals surface area contributed by atoms with Crippen LogP contribution in [-0.2, 0) is 11.3 Å². The summed E-state index contributed by atoms with van der Waals surface area (Å²) >= 11 is 2.49. The highest BCUT2D eigenvalue weighted by Gasteiger charge is 2.18. The number of amides is 1. The molecule has 0 aliphatic rings. The lowest BCUT2D eigenvalue weighted by molar-refractivity contribution is -0.113. The maximum Gasteiger partial charge on any atom is 0.263 e. The van der Waals surface area contributed by atoms with E-state index >= 15 is 0 Å². The summed E-state index contributed by atoms with van der Waals surface area (Å²) in [4.78, 5) is 31.0. The summed E-state index contributed by atoms with van der Waals surface area (Å²) in [5, 5.41) is 3.23. The number of carbonyl (C=O) groups is 1. The van der Waals surface area contributed by atoms with Crippen LogP contribution in [0.15, 0.2) is 28.2 Å². The molecule has 0 bridgehead atoms. The Bertz CT molecular complexity index is 1070. The van der Waals surface area contributed by atoms with Crippen molar-refractivity contribution in [3.63, 3.8) is 0 Å². The maximum atomic E-state index is 13.6. The van der Waals surface area contributed by atoms with Gasteiger partial charge in [-0.25, -0.2) is 13.8 Å². The van der Waals surface area contributed by atoms with E-state index in [1.54, 1.807) is 0 Å². The van der Waals surface area contributed by atoms with Gasteiger partial charge in [0, 0.05) is 11.4 Å². The van der Waals surface area contributed by atoms with E-state index in [0.29, 0.717) is 21.9 Å². The molecule has 2 heterocycles. The van der Waals surface area contributed by atoms with Crippen LogP contribution in [0.25, 0.3) is 10.2 Å². The zero-order valence-corrected chi connectivity index (χ0v) is 16.6. The Hall–Kier alpha value is -2.26. The number of hydrogen-bond acceptors (Lipinski definition) is 5. The largest absolute Gasteiger partial charge is 0.320 e. The highest BCUT2D eigenvalue weighted by atomic mass is 32.2. The van der Waals surface area contributed by atoms with Gasteiger partial charge >= 0.3 is 0 Å². The second-order valence-corrected chi connectivity index (χ2v) is 7.99. The first-order chi connectivity index (χ1) is 12.8. The molecule has 0 radical (unpaired) electrons. The fourth-order valence-electron chi connectivity index (χ4n) is 2.62. The Morgan fingerprint density at radius 1 is 1.30 bits per heavy atom. The number of aryl methyl sites for hydroxylation is 2. The van der Waals surface area contributed by atoms with Crippen LogP contribution in [0.2, 0.25) is 0 Å². The zero-order valence-electron chi connectivity index (χ0n) is 14.9. The third kappa shape index (κ3) is 3.74. The topological polar surface area (TPSA) is 64.0 Å². The number of aromatic nitrogens is 2. The lowest BCUT2D eigenvalue weighted by atomic mass is 10.2. The Kier molecular flexibility index (Phi) is 5.61. The number of halogens is 2. The predicted molar refractivity (Wildman–Crippen MR) is 105 cm³/mol. The highest BCUT2D eigenvalue weighted by molar-refractivity contribution is 7.99. The first kappa shape index (κ1) is 19.5. The van der Waals surface area contributed by atoms with E-state index in [9.17, 15) is 18.4 Å². The highest BCUT2D eigenvalue weighted by Crippen LogP contribution is 2.28. The fraction of sp³-hybridized carbons (Fsp3) is 0.278. The van der Waals surface area contributed by atoms with Crippen molar-refractivity contribution < 1.29 is 13.6 Å². The number of carbonyl (C=O) groups excluding carboxylic acids is 1. The fourth-order valence-corrected chi connectivity index (χ4v) is 4.55. The smallest absolute Gasteiger partial charge is 0.263 e. The van der Waals surface area contributed by atoms with Crippen molar-refractivity contribution in [3.8, 4) is 0 Å². The van der Waals surface area contributed by atoms with Crippen molar-refractivity contribution >= 4 is 44.9 Å². The van der Waals surface area contributed by atoms with E-state index in [1.807, 2.05) is 20.8 Å². The number of hydrogen-bond donors (Lipinski definition) is 1. The van der Waals surface area contributed by atoms with Gasteiger partial charge in [0.25, 0.3) is 5.56 Å². The molecule has 0 aliphatic heterocycles. The third-order valence-corrected chi connectivity index (χ3v) is 6.21. The average Bonchev–Trinajstić information content (AvgIpc) is 2.91. The van der Waals surface area contributed by atoms with Crippen molar-refractivity contribution in [3.05, 3.63) is 50.6 Å². The number of thiophene rings is 1. The van der Waals surface area contributed by atoms with Crippen LogP contribution in [0.5, 0.6) is 0 Å². The Morgan fingerprint density at radius 2 is 1.96 bits per heavy atom. The summed E-state index contributed by atoms with van der Waals surface area (Å²) in [7, 11) is 0. The summed E-state index contributed by atoms with van der Waals surface area (Å²) < 4.78 is 28.8. The van der Waals surface area contributed by atoms with Crippen LogP contribution in [0, 0.1) is 25.5 Å². The lowest BCUT2D eigenvalue weighted by Crippen LogP contribution is -2.23. The molecule has 1 amide bonds. The molecule has 0 fully saturated rings. The van der Waals surface area contributed by atoms with Crippen molar-refractivity contribution in [2.75, 3.05) is 11.1 Å². The molecular formula is C18H17F2N3O2S2. The average molecular weight is 409 g/mol. The molecule has 5 nitrogen and oxygen atoms in total. The number of para-hydroxylation sites is 1. The van der Waals surface area contributed by atoms with Gasteiger partial charge in [0.15, 0.2) is 5.16 Å². The SMILES string of the molecule is CCn1c(SCC(=O)Nc2c(F)cccc2F)nc2sc(C)c(C)c2c1=O. The summed E-state index contributed by atoms with van der Waals surface area (Å²) in [6.45, 7) is 6.05. The monoisotopic (exact) mass is 409 g/mol. The molecule has 2 aromatic heterocycles. The van der Waals surface area contributed by atoms with Gasteiger partial charge in [0.2, 0.25) is 5.91 Å². The van der Waals surface area contributed by atoms with Crippen molar-refractivity contribution in [1.29, 1.82) is 0 Å². The van der Waals surface area contributed by atoms with Crippen LogP contribution >= 0.6 is 23.1 Å². The number of thioether (sulfide) groups is 1. The first-order valence-corrected chi connectivity index (χ1v) is 10.0. The first-order valence-electron chi connectivity index (χ1n) is 8.20. The van der Waals surface area contributed by atoms with Crippen LogP contribution in [-0.4, -0.2) is 21.2 Å². The molecule has 0 saturated heterocycles. The minimum atomic E-state index is -0.845.